The third kappa shape index (κ3) is 6.03. The summed E-state index contributed by atoms with van der Waals surface area (Å²) >= 11 is 0. The fourth-order valence-corrected chi connectivity index (χ4v) is 0.270. The van der Waals surface area contributed by atoms with Gasteiger partial charge in [0.1, 0.15) is 0 Å². The molecule has 0 heterocycles. The maximum Gasteiger partial charge on any atom is 1.00 e. The van der Waals surface area contributed by atoms with Crippen LogP contribution in [0.1, 0.15) is 0 Å². The number of hydrogen-bond donors (Lipinski definition) is 4. The van der Waals surface area contributed by atoms with Crippen LogP contribution in [-0.2, 0) is 9.59 Å². The van der Waals surface area contributed by atoms with Crippen LogP contribution in [0, 0.1) is 0 Å². The molecule has 0 saturated carbocycles. The first-order chi connectivity index (χ1) is 4.46. The van der Waals surface area contributed by atoms with Gasteiger partial charge in [-0.1, -0.05) is 0 Å². The maximum absolute atomic E-state index is 9.77. The van der Waals surface area contributed by atoms with Crippen LogP contribution in [0.4, 0.5) is 0 Å². The summed E-state index contributed by atoms with van der Waals surface area (Å²) in [5.41, 5.74) is 0. The van der Waals surface area contributed by atoms with Crippen molar-refractivity contribution in [3.8, 4) is 0 Å². The van der Waals surface area contributed by atoms with Crippen molar-refractivity contribution in [2.24, 2.45) is 0 Å². The predicted molar refractivity (Wildman–Crippen MR) is 29.2 cm³/mol. The number of hydrogen-bond acceptors (Lipinski definition) is 5. The second-order valence-corrected chi connectivity index (χ2v) is 1.57. The van der Waals surface area contributed by atoms with Crippen LogP contribution in [0.3, 0.4) is 0 Å². The van der Waals surface area contributed by atoms with Crippen molar-refractivity contribution in [1.82, 2.24) is 0 Å². The fraction of sp³-hybridized carbons (Fsp3) is 0.500. The van der Waals surface area contributed by atoms with Gasteiger partial charge in [-0.15, -0.1) is 0 Å². The summed E-state index contributed by atoms with van der Waals surface area (Å²) in [5.74, 6) is -3.54. The fourth-order valence-electron chi connectivity index (χ4n) is 0.270. The molecule has 0 aliphatic heterocycles. The molecule has 0 aliphatic rings. The first-order valence-electron chi connectivity index (χ1n) is 2.28. The minimum atomic E-state index is -2.27. The number of aliphatic hydroxyl groups is 2. The van der Waals surface area contributed by atoms with E-state index in [0.29, 0.717) is 0 Å². The van der Waals surface area contributed by atoms with Gasteiger partial charge >= 0.3 is 63.3 Å². The first-order valence-corrected chi connectivity index (χ1v) is 2.28. The summed E-state index contributed by atoms with van der Waals surface area (Å²) in [5, 5.41) is 32.5. The van der Waals surface area contributed by atoms with Crippen molar-refractivity contribution < 1.29 is 86.9 Å². The van der Waals surface area contributed by atoms with Gasteiger partial charge < -0.3 is 25.9 Å². The molecule has 0 rings (SSSR count). The van der Waals surface area contributed by atoms with Crippen molar-refractivity contribution in [2.45, 2.75) is 12.2 Å². The third-order valence-electron chi connectivity index (χ3n) is 0.805. The monoisotopic (exact) mass is 206 g/mol. The van der Waals surface area contributed by atoms with Gasteiger partial charge in [0.25, 0.3) is 0 Å². The van der Waals surface area contributed by atoms with E-state index in [9.17, 15) is 9.59 Å². The molecule has 66 valence electrons. The second kappa shape index (κ2) is 8.07. The van der Waals surface area contributed by atoms with E-state index >= 15 is 0 Å². The molecule has 5 N–H and O–H groups in total. The summed E-state index contributed by atoms with van der Waals surface area (Å²) in [6.45, 7) is 0. The van der Waals surface area contributed by atoms with Crippen molar-refractivity contribution >= 4 is 11.9 Å². The molecular weight excluding hydrogens is 199 g/mol. The molecule has 0 fully saturated rings. The quantitative estimate of drug-likeness (QED) is 0.337. The Balaban J connectivity index is -0.000000405. The van der Waals surface area contributed by atoms with Gasteiger partial charge in [-0.25, -0.2) is 9.59 Å². The molecule has 0 aromatic rings. The normalized spacial score (nSPS) is 13.2. The molecule has 2 unspecified atom stereocenters. The molecule has 0 aliphatic carbocycles. The SMILES string of the molecule is O=C(O)C(O)C(O)C(=O)O.[K+].[OH-]. The molecule has 12 heavy (non-hydrogen) atoms. The molecule has 0 saturated heterocycles. The predicted octanol–water partition coefficient (Wildman–Crippen LogP) is -5.30. The Morgan fingerprint density at radius 2 is 1.08 bits per heavy atom. The Morgan fingerprint density at radius 3 is 1.17 bits per heavy atom. The zero-order valence-electron chi connectivity index (χ0n) is 6.21. The van der Waals surface area contributed by atoms with Crippen molar-refractivity contribution in [1.29, 1.82) is 0 Å². The van der Waals surface area contributed by atoms with E-state index in [-0.39, 0.29) is 56.9 Å². The summed E-state index contributed by atoms with van der Waals surface area (Å²) in [6.07, 6.45) is -4.53. The van der Waals surface area contributed by atoms with Gasteiger partial charge in [0, 0.05) is 0 Å². The molecule has 0 amide bonds. The number of aliphatic hydroxyl groups excluding tert-OH is 2. The van der Waals surface area contributed by atoms with E-state index in [0.717, 1.165) is 0 Å². The molecule has 0 bridgehead atoms. The zero-order chi connectivity index (χ0) is 8.31. The molecule has 2 atom stereocenters. The van der Waals surface area contributed by atoms with Crippen LogP contribution >= 0.6 is 0 Å². The average Bonchev–Trinajstić information content (AvgIpc) is 1.84. The average molecular weight is 206 g/mol. The van der Waals surface area contributed by atoms with Gasteiger partial charge in [-0.05, 0) is 0 Å². The van der Waals surface area contributed by atoms with Crippen LogP contribution in [0.15, 0.2) is 0 Å². The summed E-state index contributed by atoms with van der Waals surface area (Å²) in [4.78, 5) is 19.5. The van der Waals surface area contributed by atoms with Crippen LogP contribution < -0.4 is 51.4 Å². The van der Waals surface area contributed by atoms with Crippen molar-refractivity contribution in [3.63, 3.8) is 0 Å². The van der Waals surface area contributed by atoms with E-state index in [1.807, 2.05) is 0 Å². The molecule has 8 heteroatoms. The Hall–Kier alpha value is 0.456. The third-order valence-corrected chi connectivity index (χ3v) is 0.805. The van der Waals surface area contributed by atoms with E-state index in [1.54, 1.807) is 0 Å². The summed E-state index contributed by atoms with van der Waals surface area (Å²) in [7, 11) is 0. The molecule has 0 aromatic carbocycles. The topological polar surface area (TPSA) is 145 Å². The van der Waals surface area contributed by atoms with Crippen LogP contribution in [0.25, 0.3) is 0 Å². The van der Waals surface area contributed by atoms with E-state index in [4.69, 9.17) is 20.4 Å². The molecular formula is C4H7KO7. The smallest absolute Gasteiger partial charge is 0.870 e. The van der Waals surface area contributed by atoms with Gasteiger partial charge in [-0.2, -0.15) is 0 Å². The number of carbonyl (C=O) groups is 2. The summed E-state index contributed by atoms with van der Waals surface area (Å²) < 4.78 is 0. The Kier molecular flexibility index (Phi) is 12.3. The van der Waals surface area contributed by atoms with Crippen molar-refractivity contribution in [3.05, 3.63) is 0 Å². The number of rotatable bonds is 3. The van der Waals surface area contributed by atoms with Crippen LogP contribution in [0.5, 0.6) is 0 Å². The maximum atomic E-state index is 9.77. The Labute approximate surface area is 110 Å². The molecule has 0 spiro atoms. The second-order valence-electron chi connectivity index (χ2n) is 1.57. The van der Waals surface area contributed by atoms with Crippen LogP contribution in [0.2, 0.25) is 0 Å². The van der Waals surface area contributed by atoms with E-state index in [2.05, 4.69) is 0 Å². The van der Waals surface area contributed by atoms with E-state index < -0.39 is 24.1 Å². The van der Waals surface area contributed by atoms with Crippen LogP contribution in [-0.4, -0.2) is 50.0 Å². The summed E-state index contributed by atoms with van der Waals surface area (Å²) in [6, 6.07) is 0. The Bertz CT molecular complexity index is 139. The largest absolute Gasteiger partial charge is 1.00 e. The molecule has 0 radical (unpaired) electrons. The van der Waals surface area contributed by atoms with Gasteiger partial charge in [-0.3, -0.25) is 0 Å². The standard InChI is InChI=1S/C4H6O6.K.H2O/c5-1(3(7)8)2(6)4(9)10;;/h1-2,5-6H,(H,7,8)(H,9,10);;1H2/q;+1;/p-1. The number of carboxylic acids is 2. The molecule has 0 aromatic heterocycles. The van der Waals surface area contributed by atoms with E-state index in [1.165, 1.54) is 0 Å². The molecule has 7 nitrogen and oxygen atoms in total. The van der Waals surface area contributed by atoms with Gasteiger partial charge in [0.05, 0.1) is 0 Å². The number of aliphatic carboxylic acids is 2. The number of carboxylic acid groups (broad SMARTS) is 2. The zero-order valence-corrected chi connectivity index (χ0v) is 9.33. The van der Waals surface area contributed by atoms with Gasteiger partial charge in [0.15, 0.2) is 12.2 Å². The first kappa shape index (κ1) is 18.3. The van der Waals surface area contributed by atoms with Gasteiger partial charge in [0.2, 0.25) is 0 Å². The Morgan fingerprint density at radius 1 is 0.917 bits per heavy atom. The van der Waals surface area contributed by atoms with Crippen molar-refractivity contribution in [2.75, 3.05) is 0 Å². The minimum absolute atomic E-state index is 0. The minimum Gasteiger partial charge on any atom is -0.870 e.